The molecular weight excluding hydrogens is 953 g/mol. The molecule has 0 aliphatic rings. The van der Waals surface area contributed by atoms with E-state index < -0.39 is 127 Å². The number of primary amides is 1. The van der Waals surface area contributed by atoms with E-state index in [0.717, 1.165) is 5.56 Å². The molecule has 0 bridgehead atoms. The number of ether oxygens (including phenoxy) is 1. The molecule has 3 aromatic carbocycles. The first-order valence-electron chi connectivity index (χ1n) is 23.6. The molecule has 1 unspecified atom stereocenters. The Morgan fingerprint density at radius 1 is 0.589 bits per heavy atom. The lowest BCUT2D eigenvalue weighted by molar-refractivity contribution is -0.142. The van der Waals surface area contributed by atoms with Crippen molar-refractivity contribution in [3.63, 3.8) is 0 Å². The number of amides is 8. The Labute approximate surface area is 421 Å². The maximum absolute atomic E-state index is 14.0. The highest BCUT2D eigenvalue weighted by atomic mass is 16.5. The second-order valence-electron chi connectivity index (χ2n) is 17.7. The Hall–Kier alpha value is -8.08. The number of rotatable bonds is 31. The van der Waals surface area contributed by atoms with Crippen molar-refractivity contribution in [3.8, 4) is 11.5 Å². The lowest BCUT2D eigenvalue weighted by atomic mass is 9.99. The van der Waals surface area contributed by atoms with Crippen LogP contribution in [-0.2, 0) is 56.2 Å². The predicted octanol–water partition coefficient (Wildman–Crippen LogP) is 0.152. The van der Waals surface area contributed by atoms with Crippen molar-refractivity contribution >= 4 is 59.2 Å². The Balaban J connectivity index is 1.67. The number of nitrogens with two attached hydrogens (primary N) is 1. The largest absolute Gasteiger partial charge is 0.508 e. The van der Waals surface area contributed by atoms with Gasteiger partial charge in [0.15, 0.2) is 0 Å². The zero-order valence-electron chi connectivity index (χ0n) is 41.1. The highest BCUT2D eigenvalue weighted by Gasteiger charge is 2.33. The maximum Gasteiger partial charge on any atom is 0.306 e. The summed E-state index contributed by atoms with van der Waals surface area (Å²) in [5.74, 6) is -10.6. The van der Waals surface area contributed by atoms with Gasteiger partial charge >= 0.3 is 11.9 Å². The molecule has 3 rings (SSSR count). The summed E-state index contributed by atoms with van der Waals surface area (Å²) in [5.41, 5.74) is 7.29. The molecule has 0 radical (unpaired) electrons. The molecule has 3 aromatic rings. The predicted molar refractivity (Wildman–Crippen MR) is 262 cm³/mol. The van der Waals surface area contributed by atoms with Crippen molar-refractivity contribution in [3.05, 3.63) is 95.6 Å². The molecule has 396 valence electrons. The fourth-order valence-corrected chi connectivity index (χ4v) is 6.89. The highest BCUT2D eigenvalue weighted by molar-refractivity contribution is 5.99. The number of aromatic hydroxyl groups is 1. The first-order valence-corrected chi connectivity index (χ1v) is 23.6. The molecule has 23 heteroatoms. The van der Waals surface area contributed by atoms with Gasteiger partial charge in [0.1, 0.15) is 54.4 Å². The van der Waals surface area contributed by atoms with Gasteiger partial charge in [-0.15, -0.1) is 0 Å². The van der Waals surface area contributed by atoms with Gasteiger partial charge in [-0.1, -0.05) is 63.2 Å². The molecule has 0 fully saturated rings. The van der Waals surface area contributed by atoms with Crippen LogP contribution >= 0.6 is 0 Å². The fourth-order valence-electron chi connectivity index (χ4n) is 6.89. The van der Waals surface area contributed by atoms with E-state index in [0.29, 0.717) is 24.3 Å². The van der Waals surface area contributed by atoms with E-state index in [1.807, 2.05) is 44.2 Å². The molecule has 0 aliphatic heterocycles. The van der Waals surface area contributed by atoms with Crippen LogP contribution in [0.3, 0.4) is 0 Å². The van der Waals surface area contributed by atoms with Gasteiger partial charge in [0.25, 0.3) is 5.91 Å². The van der Waals surface area contributed by atoms with Gasteiger partial charge in [0.05, 0.1) is 19.1 Å². The number of carbonyl (C=O) groups excluding carboxylic acids is 8. The number of aliphatic carboxylic acids is 2. The van der Waals surface area contributed by atoms with E-state index >= 15 is 0 Å². The SMILES string of the molecule is CC(C)CC[C@H](NC(=O)[C@H](CO)NC(=O)[C@H](CCC(=O)O)NC(=O)CNC(=O)[C@H](C)NC(=O)c1ccc(OCc2ccccc2)cc1)C(=O)N[C@@H](CCc1ccc(O)cc1)C(=O)N[C@@H](CC(C)C(=O)O)C(N)=O. The smallest absolute Gasteiger partial charge is 0.306 e. The molecule has 73 heavy (non-hydrogen) atoms. The molecule has 8 amide bonds. The number of nitrogens with one attached hydrogen (secondary N) is 7. The number of aryl methyl sites for hydroxylation is 1. The summed E-state index contributed by atoms with van der Waals surface area (Å²) in [6.07, 6.45) is -1.11. The third-order valence-corrected chi connectivity index (χ3v) is 11.3. The summed E-state index contributed by atoms with van der Waals surface area (Å²) < 4.78 is 5.74. The molecule has 0 spiro atoms. The lowest BCUT2D eigenvalue weighted by Crippen LogP contribution is -2.60. The molecule has 13 N–H and O–H groups in total. The minimum atomic E-state index is -1.77. The number of hydrogen-bond donors (Lipinski definition) is 12. The number of phenols is 1. The molecule has 0 heterocycles. The molecule has 0 aliphatic carbocycles. The zero-order chi connectivity index (χ0) is 54.2. The summed E-state index contributed by atoms with van der Waals surface area (Å²) in [4.78, 5) is 129. The summed E-state index contributed by atoms with van der Waals surface area (Å²) in [5, 5.41) is 55.6. The Morgan fingerprint density at radius 2 is 1.14 bits per heavy atom. The average Bonchev–Trinajstić information content (AvgIpc) is 3.35. The standard InChI is InChI=1S/C50H66N8O15/c1-28(2)10-20-37(47(68)55-38(21-13-31-11-16-34(60)17-12-31)48(69)57-39(43(51)64)24-29(3)50(71)72)56-49(70)40(26-59)58-46(67)36(22-23-42(62)63)54-41(61)25-52-44(65)30(4)53-45(66)33-14-18-35(19-15-33)73-27-32-8-6-5-7-9-32/h5-9,11-12,14-19,28-30,36-40,59-60H,10,13,20-27H2,1-4H3,(H2,51,64)(H,52,65)(H,53,66)(H,54,61)(H,55,68)(H,56,70)(H,57,69)(H,58,67)(H,62,63)(H,71,72)/t29?,30-,36-,37-,38-,39-,40-/m0/s1. The van der Waals surface area contributed by atoms with Crippen LogP contribution in [0.5, 0.6) is 11.5 Å². The van der Waals surface area contributed by atoms with Crippen molar-refractivity contribution in [2.75, 3.05) is 13.2 Å². The molecule has 0 saturated carbocycles. The third-order valence-electron chi connectivity index (χ3n) is 11.3. The van der Waals surface area contributed by atoms with Gasteiger partial charge in [-0.2, -0.15) is 0 Å². The van der Waals surface area contributed by atoms with Crippen molar-refractivity contribution in [2.45, 2.75) is 115 Å². The number of aliphatic hydroxyl groups excluding tert-OH is 1. The summed E-state index contributed by atoms with van der Waals surface area (Å²) >= 11 is 0. The van der Waals surface area contributed by atoms with Gasteiger partial charge in [-0.3, -0.25) is 47.9 Å². The number of carbonyl (C=O) groups is 10. The van der Waals surface area contributed by atoms with E-state index in [9.17, 15) is 68.4 Å². The molecule has 23 nitrogen and oxygen atoms in total. The minimum Gasteiger partial charge on any atom is -0.508 e. The molecule has 0 saturated heterocycles. The van der Waals surface area contributed by atoms with Crippen LogP contribution in [0.4, 0.5) is 0 Å². The summed E-state index contributed by atoms with van der Waals surface area (Å²) in [7, 11) is 0. The topological polar surface area (TPSA) is 371 Å². The van der Waals surface area contributed by atoms with Gasteiger partial charge in [-0.25, -0.2) is 0 Å². The van der Waals surface area contributed by atoms with E-state index in [-0.39, 0.29) is 42.9 Å². The average molecular weight is 1020 g/mol. The van der Waals surface area contributed by atoms with E-state index in [1.54, 1.807) is 24.3 Å². The van der Waals surface area contributed by atoms with Gasteiger partial charge < -0.3 is 68.1 Å². The monoisotopic (exact) mass is 1020 g/mol. The van der Waals surface area contributed by atoms with Gasteiger partial charge in [0.2, 0.25) is 41.4 Å². The Morgan fingerprint density at radius 3 is 1.68 bits per heavy atom. The van der Waals surface area contributed by atoms with Gasteiger partial charge in [-0.05, 0) is 98.9 Å². The van der Waals surface area contributed by atoms with Crippen LogP contribution in [-0.4, -0.2) is 129 Å². The summed E-state index contributed by atoms with van der Waals surface area (Å²) in [6.45, 7) is 4.90. The number of phenolic OH excluding ortho intramolecular Hbond substituents is 1. The molecular formula is C50H66N8O15. The van der Waals surface area contributed by atoms with Crippen molar-refractivity contribution < 1.29 is 73.1 Å². The van der Waals surface area contributed by atoms with Crippen LogP contribution in [0.2, 0.25) is 0 Å². The second-order valence-corrected chi connectivity index (χ2v) is 17.7. The highest BCUT2D eigenvalue weighted by Crippen LogP contribution is 2.16. The van der Waals surface area contributed by atoms with Crippen molar-refractivity contribution in [1.82, 2.24) is 37.2 Å². The van der Waals surface area contributed by atoms with E-state index in [1.165, 1.54) is 38.1 Å². The minimum absolute atomic E-state index is 0.0123. The number of aliphatic hydroxyl groups is 1. The van der Waals surface area contributed by atoms with E-state index in [4.69, 9.17) is 10.5 Å². The summed E-state index contributed by atoms with van der Waals surface area (Å²) in [6, 6.07) is 12.9. The van der Waals surface area contributed by atoms with Crippen LogP contribution in [0.15, 0.2) is 78.9 Å². The zero-order valence-corrected chi connectivity index (χ0v) is 41.1. The molecule has 0 aromatic heterocycles. The van der Waals surface area contributed by atoms with Crippen LogP contribution in [0, 0.1) is 11.8 Å². The van der Waals surface area contributed by atoms with E-state index in [2.05, 4.69) is 37.2 Å². The molecule has 7 atom stereocenters. The number of carboxylic acid groups (broad SMARTS) is 2. The van der Waals surface area contributed by atoms with Crippen molar-refractivity contribution in [2.24, 2.45) is 17.6 Å². The fraction of sp³-hybridized carbons (Fsp3) is 0.440. The second kappa shape index (κ2) is 29.9. The van der Waals surface area contributed by atoms with Gasteiger partial charge in [0, 0.05) is 12.0 Å². The normalized spacial score (nSPS) is 13.8. The first kappa shape index (κ1) is 59.2. The third kappa shape index (κ3) is 21.4. The van der Waals surface area contributed by atoms with Crippen LogP contribution in [0.25, 0.3) is 0 Å². The quantitative estimate of drug-likeness (QED) is 0.0408. The van der Waals surface area contributed by atoms with Crippen LogP contribution < -0.4 is 47.7 Å². The van der Waals surface area contributed by atoms with Crippen LogP contribution in [0.1, 0.15) is 87.7 Å². The lowest BCUT2D eigenvalue weighted by Gasteiger charge is -2.27. The number of hydrogen-bond acceptors (Lipinski definition) is 13. The first-order chi connectivity index (χ1) is 34.6. The Kier molecular flexibility index (Phi) is 24.3. The maximum atomic E-state index is 14.0. The van der Waals surface area contributed by atoms with Crippen molar-refractivity contribution in [1.29, 1.82) is 0 Å². The number of benzene rings is 3. The Bertz CT molecular complexity index is 2370. The number of carboxylic acids is 2.